The summed E-state index contributed by atoms with van der Waals surface area (Å²) in [5.74, 6) is 1.44. The third-order valence-corrected chi connectivity index (χ3v) is 7.32. The normalized spacial score (nSPS) is 11.6. The van der Waals surface area contributed by atoms with E-state index in [0.717, 1.165) is 44.1 Å². The highest BCUT2D eigenvalue weighted by Gasteiger charge is 2.20. The number of carbonyl (C=O) groups excluding carboxylic acids is 2. The lowest BCUT2D eigenvalue weighted by molar-refractivity contribution is -0.121. The number of aryl methyl sites for hydroxylation is 1. The molecule has 0 saturated carbocycles. The van der Waals surface area contributed by atoms with Crippen LogP contribution in [0.3, 0.4) is 0 Å². The number of amides is 1. The number of carbonyl (C=O) groups is 2. The highest BCUT2D eigenvalue weighted by atomic mass is 16.5. The zero-order valence-electron chi connectivity index (χ0n) is 27.6. The number of phenols is 2. The first-order valence-electron chi connectivity index (χ1n) is 16.0. The smallest absolute Gasteiger partial charge is 0.220 e. The Balaban J connectivity index is 2.11. The van der Waals surface area contributed by atoms with E-state index in [2.05, 4.69) is 57.3 Å². The topological polar surface area (TPSA) is 105 Å². The summed E-state index contributed by atoms with van der Waals surface area (Å²) in [7, 11) is 2.92. The van der Waals surface area contributed by atoms with E-state index < -0.39 is 0 Å². The van der Waals surface area contributed by atoms with Crippen LogP contribution in [0.2, 0.25) is 0 Å². The Morgan fingerprint density at radius 3 is 1.75 bits per heavy atom. The van der Waals surface area contributed by atoms with Crippen molar-refractivity contribution in [2.45, 2.75) is 98.4 Å². The molecule has 2 aromatic rings. The SMILES string of the molecule is COc1cc(CCC(=O)CCCC/C=C/C(C)C)cc(-c2cc(CNC(=O)CCCC/C=C/C(C)C)cc(OC)c2O)c1O. The van der Waals surface area contributed by atoms with Gasteiger partial charge in [0.15, 0.2) is 23.0 Å². The average molecular weight is 608 g/mol. The summed E-state index contributed by atoms with van der Waals surface area (Å²) in [6.45, 7) is 8.82. The lowest BCUT2D eigenvalue weighted by Gasteiger charge is -2.17. The molecule has 2 rings (SSSR count). The van der Waals surface area contributed by atoms with Crippen LogP contribution in [-0.4, -0.2) is 36.1 Å². The maximum atomic E-state index is 12.6. The zero-order chi connectivity index (χ0) is 32.5. The molecule has 0 aliphatic heterocycles. The first-order valence-corrected chi connectivity index (χ1v) is 16.0. The van der Waals surface area contributed by atoms with Gasteiger partial charge in [-0.1, -0.05) is 52.0 Å². The van der Waals surface area contributed by atoms with E-state index >= 15 is 0 Å². The molecule has 0 aromatic heterocycles. The number of unbranched alkanes of at least 4 members (excludes halogenated alkanes) is 4. The molecule has 0 heterocycles. The van der Waals surface area contributed by atoms with Gasteiger partial charge < -0.3 is 25.0 Å². The molecule has 3 N–H and O–H groups in total. The zero-order valence-corrected chi connectivity index (χ0v) is 27.6. The number of hydrogen-bond acceptors (Lipinski definition) is 6. The van der Waals surface area contributed by atoms with Crippen LogP contribution in [0.1, 0.15) is 96.6 Å². The molecule has 242 valence electrons. The van der Waals surface area contributed by atoms with Crippen molar-refractivity contribution in [1.82, 2.24) is 5.32 Å². The summed E-state index contributed by atoms with van der Waals surface area (Å²) in [5, 5.41) is 25.0. The van der Waals surface area contributed by atoms with Crippen LogP contribution in [0, 0.1) is 11.8 Å². The van der Waals surface area contributed by atoms with E-state index in [0.29, 0.717) is 54.2 Å². The van der Waals surface area contributed by atoms with Gasteiger partial charge in [0.25, 0.3) is 0 Å². The summed E-state index contributed by atoms with van der Waals surface area (Å²) in [6.07, 6.45) is 16.1. The number of aromatic hydroxyl groups is 2. The van der Waals surface area contributed by atoms with Gasteiger partial charge in [-0.05, 0) is 92.2 Å². The lowest BCUT2D eigenvalue weighted by Crippen LogP contribution is -2.22. The van der Waals surface area contributed by atoms with Crippen molar-refractivity contribution < 1.29 is 29.3 Å². The number of nitrogens with one attached hydrogen (secondary N) is 1. The number of hydrogen-bond donors (Lipinski definition) is 3. The number of allylic oxidation sites excluding steroid dienone is 4. The van der Waals surface area contributed by atoms with E-state index in [1.807, 2.05) is 0 Å². The summed E-state index contributed by atoms with van der Waals surface area (Å²) in [5.41, 5.74) is 2.24. The Morgan fingerprint density at radius 2 is 1.23 bits per heavy atom. The Kier molecular flexibility index (Phi) is 16.2. The predicted octanol–water partition coefficient (Wildman–Crippen LogP) is 8.45. The van der Waals surface area contributed by atoms with Crippen molar-refractivity contribution in [2.24, 2.45) is 11.8 Å². The molecule has 0 aliphatic rings. The summed E-state index contributed by atoms with van der Waals surface area (Å²) < 4.78 is 10.9. The van der Waals surface area contributed by atoms with Crippen LogP contribution >= 0.6 is 0 Å². The van der Waals surface area contributed by atoms with E-state index in [1.165, 1.54) is 14.2 Å². The molecule has 0 saturated heterocycles. The first kappa shape index (κ1) is 36.5. The third kappa shape index (κ3) is 12.9. The summed E-state index contributed by atoms with van der Waals surface area (Å²) in [6, 6.07) is 6.89. The molecule has 1 amide bonds. The van der Waals surface area contributed by atoms with Gasteiger partial charge in [0.2, 0.25) is 5.91 Å². The van der Waals surface area contributed by atoms with Crippen LogP contribution in [0.4, 0.5) is 0 Å². The predicted molar refractivity (Wildman–Crippen MR) is 178 cm³/mol. The molecule has 0 aliphatic carbocycles. The lowest BCUT2D eigenvalue weighted by atomic mass is 9.95. The van der Waals surface area contributed by atoms with Gasteiger partial charge in [-0.25, -0.2) is 0 Å². The fourth-order valence-corrected chi connectivity index (χ4v) is 4.86. The van der Waals surface area contributed by atoms with Gasteiger partial charge >= 0.3 is 0 Å². The van der Waals surface area contributed by atoms with Crippen LogP contribution in [0.5, 0.6) is 23.0 Å². The molecular weight excluding hydrogens is 554 g/mol. The molecular formula is C37H53NO6. The molecule has 0 spiro atoms. The highest BCUT2D eigenvalue weighted by Crippen LogP contribution is 2.45. The summed E-state index contributed by atoms with van der Waals surface area (Å²) >= 11 is 0. The van der Waals surface area contributed by atoms with E-state index in [-0.39, 0.29) is 41.2 Å². The minimum atomic E-state index is -0.130. The largest absolute Gasteiger partial charge is 0.504 e. The number of ether oxygens (including phenoxy) is 2. The molecule has 0 radical (unpaired) electrons. The minimum Gasteiger partial charge on any atom is -0.504 e. The van der Waals surface area contributed by atoms with E-state index in [9.17, 15) is 19.8 Å². The van der Waals surface area contributed by atoms with Crippen molar-refractivity contribution in [3.8, 4) is 34.1 Å². The fraction of sp³-hybridized carbons (Fsp3) is 0.514. The van der Waals surface area contributed by atoms with Gasteiger partial charge in [0.05, 0.1) is 14.2 Å². The van der Waals surface area contributed by atoms with Crippen molar-refractivity contribution >= 4 is 11.7 Å². The van der Waals surface area contributed by atoms with Gasteiger partial charge in [-0.3, -0.25) is 9.59 Å². The van der Waals surface area contributed by atoms with Crippen molar-refractivity contribution in [3.05, 3.63) is 59.7 Å². The van der Waals surface area contributed by atoms with E-state index in [1.54, 1.807) is 24.3 Å². The molecule has 0 unspecified atom stereocenters. The molecule has 0 bridgehead atoms. The minimum absolute atomic E-state index is 0.0466. The number of rotatable bonds is 20. The monoisotopic (exact) mass is 607 g/mol. The molecule has 0 fully saturated rings. The van der Waals surface area contributed by atoms with Crippen LogP contribution in [0.15, 0.2) is 48.6 Å². The summed E-state index contributed by atoms with van der Waals surface area (Å²) in [4.78, 5) is 25.1. The number of ketones is 1. The van der Waals surface area contributed by atoms with Crippen molar-refractivity contribution in [2.75, 3.05) is 14.2 Å². The van der Waals surface area contributed by atoms with Gasteiger partial charge in [-0.15, -0.1) is 0 Å². The van der Waals surface area contributed by atoms with Crippen molar-refractivity contribution in [3.63, 3.8) is 0 Å². The molecule has 0 atom stereocenters. The second kappa shape index (κ2) is 19.5. The van der Waals surface area contributed by atoms with E-state index in [4.69, 9.17) is 9.47 Å². The second-order valence-corrected chi connectivity index (χ2v) is 12.0. The quantitative estimate of drug-likeness (QED) is 0.103. The number of phenolic OH excluding ortho intramolecular Hbond substituents is 2. The molecule has 7 heteroatoms. The van der Waals surface area contributed by atoms with Gasteiger partial charge in [-0.2, -0.15) is 0 Å². The standard InChI is InChI=1S/C37H53NO6/c1-26(2)15-11-7-9-13-17-30(39)20-19-28-21-31(36(41)33(23-28)43-5)32-22-29(24-34(44-6)37(32)42)25-38-35(40)18-14-10-8-12-16-27(3)4/h11-12,15-16,21-24,26-27,41-42H,7-10,13-14,17-20,25H2,1-6H3,(H,38,40)/b15-11+,16-12+. The average Bonchev–Trinajstić information content (AvgIpc) is 2.99. The Hall–Kier alpha value is -3.74. The van der Waals surface area contributed by atoms with Crippen LogP contribution < -0.4 is 14.8 Å². The van der Waals surface area contributed by atoms with Crippen molar-refractivity contribution in [1.29, 1.82) is 0 Å². The van der Waals surface area contributed by atoms with Crippen LogP contribution in [0.25, 0.3) is 11.1 Å². The second-order valence-electron chi connectivity index (χ2n) is 12.0. The number of methoxy groups -OCH3 is 2. The Labute approximate surface area is 264 Å². The van der Waals surface area contributed by atoms with Gasteiger partial charge in [0.1, 0.15) is 5.78 Å². The number of benzene rings is 2. The first-order chi connectivity index (χ1) is 21.0. The van der Waals surface area contributed by atoms with Gasteiger partial charge in [0, 0.05) is 36.9 Å². The molecule has 7 nitrogen and oxygen atoms in total. The molecule has 2 aromatic carbocycles. The van der Waals surface area contributed by atoms with Crippen LogP contribution in [-0.2, 0) is 22.6 Å². The fourth-order valence-electron chi connectivity index (χ4n) is 4.86. The molecule has 44 heavy (non-hydrogen) atoms. The highest BCUT2D eigenvalue weighted by molar-refractivity contribution is 5.82. The third-order valence-electron chi connectivity index (χ3n) is 7.32. The maximum Gasteiger partial charge on any atom is 0.220 e. The Morgan fingerprint density at radius 1 is 0.727 bits per heavy atom. The number of Topliss-reactive ketones (excluding diaryl/α,β-unsaturated/α-hetero) is 1. The maximum absolute atomic E-state index is 12.6. The Bertz CT molecular complexity index is 1160.